The van der Waals surface area contributed by atoms with Gasteiger partial charge in [0.2, 0.25) is 0 Å². The number of carboxylic acids is 1. The van der Waals surface area contributed by atoms with Crippen molar-refractivity contribution in [3.8, 4) is 11.6 Å². The summed E-state index contributed by atoms with van der Waals surface area (Å²) >= 11 is 1.12. The van der Waals surface area contributed by atoms with Crippen molar-refractivity contribution in [2.75, 3.05) is 0 Å². The van der Waals surface area contributed by atoms with Gasteiger partial charge in [-0.1, -0.05) is 4.49 Å². The highest BCUT2D eigenvalue weighted by Gasteiger charge is 2.15. The minimum atomic E-state index is -1.24. The largest absolute Gasteiger partial charge is 0.475 e. The average molecular weight is 198 g/mol. The maximum atomic E-state index is 10.4. The molecule has 2 aromatic heterocycles. The summed E-state index contributed by atoms with van der Waals surface area (Å²) in [4.78, 5) is 13.9. The molecular formula is C5H2N4O3S. The van der Waals surface area contributed by atoms with Gasteiger partial charge in [-0.2, -0.15) is 4.98 Å². The first-order valence-electron chi connectivity index (χ1n) is 3.12. The van der Waals surface area contributed by atoms with E-state index in [4.69, 9.17) is 5.11 Å². The van der Waals surface area contributed by atoms with E-state index in [0.717, 1.165) is 11.5 Å². The third-order valence-electron chi connectivity index (χ3n) is 1.20. The Labute approximate surface area is 75.2 Å². The molecule has 0 fully saturated rings. The van der Waals surface area contributed by atoms with E-state index >= 15 is 0 Å². The van der Waals surface area contributed by atoms with Crippen LogP contribution in [0.25, 0.3) is 11.6 Å². The number of hydrogen-bond donors (Lipinski definition) is 1. The second-order valence-corrected chi connectivity index (χ2v) is 2.63. The molecule has 8 heteroatoms. The van der Waals surface area contributed by atoms with Gasteiger partial charge in [-0.05, 0) is 16.7 Å². The first-order valence-corrected chi connectivity index (χ1v) is 3.95. The van der Waals surface area contributed by atoms with Crippen LogP contribution in [-0.2, 0) is 0 Å². The molecule has 0 aromatic carbocycles. The van der Waals surface area contributed by atoms with Crippen LogP contribution in [-0.4, -0.2) is 30.8 Å². The van der Waals surface area contributed by atoms with E-state index in [1.165, 1.54) is 0 Å². The lowest BCUT2D eigenvalue weighted by Crippen LogP contribution is -1.98. The zero-order chi connectivity index (χ0) is 9.26. The van der Waals surface area contributed by atoms with E-state index in [0.29, 0.717) is 5.69 Å². The molecule has 0 aliphatic rings. The molecule has 2 heterocycles. The lowest BCUT2D eigenvalue weighted by molar-refractivity contribution is 0.0680. The molecule has 0 amide bonds. The Morgan fingerprint density at radius 3 is 3.00 bits per heavy atom. The van der Waals surface area contributed by atoms with Crippen LogP contribution in [0.5, 0.6) is 0 Å². The lowest BCUT2D eigenvalue weighted by atomic mass is 10.5. The van der Waals surface area contributed by atoms with Gasteiger partial charge in [0.15, 0.2) is 5.69 Å². The van der Waals surface area contributed by atoms with Crippen molar-refractivity contribution in [1.82, 2.24) is 19.7 Å². The molecule has 0 saturated carbocycles. The highest BCUT2D eigenvalue weighted by Crippen LogP contribution is 2.14. The van der Waals surface area contributed by atoms with E-state index in [-0.39, 0.29) is 11.7 Å². The third kappa shape index (κ3) is 1.38. The van der Waals surface area contributed by atoms with Crippen LogP contribution in [0.2, 0.25) is 0 Å². The second kappa shape index (κ2) is 2.90. The minimum absolute atomic E-state index is 0.0613. The number of aromatic nitrogens is 4. The number of hydrogen-bond acceptors (Lipinski definition) is 7. The minimum Gasteiger partial charge on any atom is -0.475 e. The average Bonchev–Trinajstić information content (AvgIpc) is 2.75. The third-order valence-corrected chi connectivity index (χ3v) is 1.70. The first-order chi connectivity index (χ1) is 6.27. The summed E-state index contributed by atoms with van der Waals surface area (Å²) < 4.78 is 8.20. The smallest absolute Gasteiger partial charge is 0.377 e. The molecule has 7 nitrogen and oxygen atoms in total. The lowest BCUT2D eigenvalue weighted by Gasteiger charge is -1.79. The van der Waals surface area contributed by atoms with Gasteiger partial charge >= 0.3 is 5.97 Å². The van der Waals surface area contributed by atoms with Gasteiger partial charge in [-0.3, -0.25) is 0 Å². The van der Waals surface area contributed by atoms with E-state index in [9.17, 15) is 4.79 Å². The zero-order valence-electron chi connectivity index (χ0n) is 6.04. The van der Waals surface area contributed by atoms with E-state index in [1.54, 1.807) is 5.38 Å². The van der Waals surface area contributed by atoms with Crippen LogP contribution in [0, 0.1) is 0 Å². The summed E-state index contributed by atoms with van der Waals surface area (Å²) in [6.07, 6.45) is 0. The Balaban J connectivity index is 2.39. The molecule has 2 rings (SSSR count). The molecule has 0 radical (unpaired) electrons. The molecule has 0 aliphatic heterocycles. The van der Waals surface area contributed by atoms with Crippen molar-refractivity contribution in [3.63, 3.8) is 0 Å². The predicted octanol–water partition coefficient (Wildman–Crippen LogP) is 0.286. The van der Waals surface area contributed by atoms with Gasteiger partial charge in [0, 0.05) is 5.38 Å². The van der Waals surface area contributed by atoms with Crippen LogP contribution in [0.1, 0.15) is 10.6 Å². The molecule has 1 N–H and O–H groups in total. The standard InChI is InChI=1S/C5H2N4O3S/c10-5(11)3-6-4(12-8-3)2-1-13-9-7-2/h1H,(H,10,11). The van der Waals surface area contributed by atoms with Crippen molar-refractivity contribution in [2.45, 2.75) is 0 Å². The van der Waals surface area contributed by atoms with Gasteiger partial charge < -0.3 is 9.63 Å². The fourth-order valence-corrected chi connectivity index (χ4v) is 1.10. The maximum absolute atomic E-state index is 10.4. The van der Waals surface area contributed by atoms with Crippen LogP contribution >= 0.6 is 11.5 Å². The Bertz CT molecular complexity index is 423. The summed E-state index contributed by atoms with van der Waals surface area (Å²) in [5.74, 6) is -1.56. The molecule has 0 saturated heterocycles. The number of aromatic carboxylic acids is 1. The van der Waals surface area contributed by atoms with Gasteiger partial charge in [0.1, 0.15) is 0 Å². The molecule has 0 unspecified atom stereocenters. The van der Waals surface area contributed by atoms with Gasteiger partial charge in [-0.25, -0.2) is 4.79 Å². The summed E-state index contributed by atoms with van der Waals surface area (Å²) in [5, 5.41) is 16.9. The second-order valence-electron chi connectivity index (χ2n) is 2.02. The Morgan fingerprint density at radius 1 is 1.62 bits per heavy atom. The summed E-state index contributed by atoms with van der Waals surface area (Å²) in [6, 6.07) is 0. The Kier molecular flexibility index (Phi) is 1.74. The topological polar surface area (TPSA) is 102 Å². The monoisotopic (exact) mass is 198 g/mol. The number of carboxylic acid groups (broad SMARTS) is 1. The van der Waals surface area contributed by atoms with Gasteiger partial charge in [0.25, 0.3) is 11.7 Å². The normalized spacial score (nSPS) is 10.2. The molecule has 0 bridgehead atoms. The van der Waals surface area contributed by atoms with Crippen molar-refractivity contribution in [2.24, 2.45) is 0 Å². The van der Waals surface area contributed by atoms with Gasteiger partial charge in [-0.15, -0.1) is 5.10 Å². The Morgan fingerprint density at radius 2 is 2.46 bits per heavy atom. The highest BCUT2D eigenvalue weighted by molar-refractivity contribution is 7.03. The summed E-state index contributed by atoms with van der Waals surface area (Å²) in [6.45, 7) is 0. The molecule has 66 valence electrons. The number of nitrogens with zero attached hydrogens (tertiary/aromatic N) is 4. The predicted molar refractivity (Wildman–Crippen MR) is 40.2 cm³/mol. The van der Waals surface area contributed by atoms with Crippen molar-refractivity contribution >= 4 is 17.5 Å². The quantitative estimate of drug-likeness (QED) is 0.739. The molecule has 0 spiro atoms. The fraction of sp³-hybridized carbons (Fsp3) is 0. The van der Waals surface area contributed by atoms with Crippen LogP contribution in [0.15, 0.2) is 9.90 Å². The molecule has 0 aliphatic carbocycles. The van der Waals surface area contributed by atoms with Crippen molar-refractivity contribution < 1.29 is 14.4 Å². The highest BCUT2D eigenvalue weighted by atomic mass is 32.1. The van der Waals surface area contributed by atoms with Crippen molar-refractivity contribution in [3.05, 3.63) is 11.2 Å². The fourth-order valence-electron chi connectivity index (χ4n) is 0.672. The molecular weight excluding hydrogens is 196 g/mol. The maximum Gasteiger partial charge on any atom is 0.377 e. The van der Waals surface area contributed by atoms with Crippen LogP contribution < -0.4 is 0 Å². The first kappa shape index (κ1) is 7.80. The van der Waals surface area contributed by atoms with E-state index in [2.05, 4.69) is 24.3 Å². The zero-order valence-corrected chi connectivity index (χ0v) is 6.85. The van der Waals surface area contributed by atoms with E-state index in [1.807, 2.05) is 0 Å². The van der Waals surface area contributed by atoms with Crippen LogP contribution in [0.3, 0.4) is 0 Å². The number of rotatable bonds is 2. The number of carbonyl (C=O) groups is 1. The van der Waals surface area contributed by atoms with Crippen LogP contribution in [0.4, 0.5) is 0 Å². The van der Waals surface area contributed by atoms with E-state index < -0.39 is 5.97 Å². The molecule has 0 atom stereocenters. The summed E-state index contributed by atoms with van der Waals surface area (Å²) in [7, 11) is 0. The molecule has 13 heavy (non-hydrogen) atoms. The SMILES string of the molecule is O=C(O)c1noc(-c2csnn2)n1. The summed E-state index contributed by atoms with van der Waals surface area (Å²) in [5.41, 5.74) is 0.380. The van der Waals surface area contributed by atoms with Gasteiger partial charge in [0.05, 0.1) is 0 Å². The van der Waals surface area contributed by atoms with Crippen molar-refractivity contribution in [1.29, 1.82) is 0 Å². The molecule has 2 aromatic rings. The Hall–Kier alpha value is -1.83.